The standard InChI is InChI=1S/C20H24N4O3/c1-11-6-13(4-5-16(11)21)19-15-9-18-17(26-10-27-18)8-14(15)7-12(2)24(23-19)20(25)22-3/h4-6,8-9,12,19,23H,7,10,21H2,1-3H3,(H,22,25). The molecular formula is C20H24N4O3. The van der Waals surface area contributed by atoms with E-state index in [0.29, 0.717) is 6.42 Å². The summed E-state index contributed by atoms with van der Waals surface area (Å²) < 4.78 is 11.2. The molecule has 0 saturated heterocycles. The summed E-state index contributed by atoms with van der Waals surface area (Å²) in [5, 5.41) is 4.37. The van der Waals surface area contributed by atoms with Crippen molar-refractivity contribution in [2.45, 2.75) is 32.4 Å². The zero-order chi connectivity index (χ0) is 19.1. The van der Waals surface area contributed by atoms with Crippen LogP contribution in [0.2, 0.25) is 0 Å². The highest BCUT2D eigenvalue weighted by Gasteiger charge is 2.32. The Balaban J connectivity index is 1.85. The number of carbonyl (C=O) groups excluding carboxylic acids is 1. The second-order valence-electron chi connectivity index (χ2n) is 7.06. The van der Waals surface area contributed by atoms with Crippen molar-refractivity contribution in [3.05, 3.63) is 52.6 Å². The number of nitrogens with two attached hydrogens (primary N) is 1. The molecule has 27 heavy (non-hydrogen) atoms. The van der Waals surface area contributed by atoms with Crippen LogP contribution in [0, 0.1) is 6.92 Å². The Labute approximate surface area is 158 Å². The minimum absolute atomic E-state index is 0.0380. The minimum atomic E-state index is -0.212. The highest BCUT2D eigenvalue weighted by molar-refractivity contribution is 5.74. The molecule has 4 N–H and O–H groups in total. The molecule has 0 radical (unpaired) electrons. The zero-order valence-electron chi connectivity index (χ0n) is 15.7. The summed E-state index contributed by atoms with van der Waals surface area (Å²) >= 11 is 0. The molecule has 0 fully saturated rings. The smallest absolute Gasteiger partial charge is 0.331 e. The predicted octanol–water partition coefficient (Wildman–Crippen LogP) is 2.49. The van der Waals surface area contributed by atoms with E-state index >= 15 is 0 Å². The number of hydrogen-bond donors (Lipinski definition) is 3. The van der Waals surface area contributed by atoms with Gasteiger partial charge in [0.15, 0.2) is 11.5 Å². The molecular weight excluding hydrogens is 344 g/mol. The van der Waals surface area contributed by atoms with Crippen molar-refractivity contribution in [2.75, 3.05) is 19.6 Å². The Bertz CT molecular complexity index is 899. The van der Waals surface area contributed by atoms with E-state index in [1.165, 1.54) is 0 Å². The van der Waals surface area contributed by atoms with Gasteiger partial charge < -0.3 is 20.5 Å². The van der Waals surface area contributed by atoms with Crippen LogP contribution in [0.25, 0.3) is 0 Å². The van der Waals surface area contributed by atoms with Crippen molar-refractivity contribution in [3.63, 3.8) is 0 Å². The average Bonchev–Trinajstić information content (AvgIpc) is 3.05. The number of nitrogens with zero attached hydrogens (tertiary/aromatic N) is 1. The van der Waals surface area contributed by atoms with E-state index in [0.717, 1.165) is 39.4 Å². The number of fused-ring (bicyclic) bond motifs is 2. The van der Waals surface area contributed by atoms with E-state index in [2.05, 4.69) is 16.8 Å². The fourth-order valence-corrected chi connectivity index (χ4v) is 3.70. The second-order valence-corrected chi connectivity index (χ2v) is 7.06. The lowest BCUT2D eigenvalue weighted by Gasteiger charge is -2.30. The van der Waals surface area contributed by atoms with E-state index in [1.54, 1.807) is 12.1 Å². The number of carbonyl (C=O) groups is 1. The number of aryl methyl sites for hydroxylation is 1. The van der Waals surface area contributed by atoms with Crippen LogP contribution >= 0.6 is 0 Å². The summed E-state index contributed by atoms with van der Waals surface area (Å²) in [6, 6.07) is 9.57. The first-order valence-corrected chi connectivity index (χ1v) is 9.03. The van der Waals surface area contributed by atoms with Gasteiger partial charge in [-0.05, 0) is 60.7 Å². The highest BCUT2D eigenvalue weighted by Crippen LogP contribution is 2.40. The fraction of sp³-hybridized carbons (Fsp3) is 0.350. The van der Waals surface area contributed by atoms with Crippen LogP contribution in [0.15, 0.2) is 30.3 Å². The first-order chi connectivity index (χ1) is 13.0. The quantitative estimate of drug-likeness (QED) is 0.673. The van der Waals surface area contributed by atoms with Gasteiger partial charge in [0.2, 0.25) is 6.79 Å². The SMILES string of the molecule is CNC(=O)N1NC(c2ccc(N)c(C)c2)c2cc3c(cc2CC1C)OCO3. The Hall–Kier alpha value is -2.93. The van der Waals surface area contributed by atoms with Gasteiger partial charge in [0, 0.05) is 12.7 Å². The second kappa shape index (κ2) is 6.66. The van der Waals surface area contributed by atoms with E-state index in [1.807, 2.05) is 38.1 Å². The first-order valence-electron chi connectivity index (χ1n) is 9.03. The van der Waals surface area contributed by atoms with Crippen LogP contribution in [-0.2, 0) is 6.42 Å². The molecule has 2 unspecified atom stereocenters. The normalized spacial score (nSPS) is 20.8. The largest absolute Gasteiger partial charge is 0.454 e. The molecule has 4 rings (SSSR count). The molecule has 2 aromatic rings. The lowest BCUT2D eigenvalue weighted by Crippen LogP contribution is -2.52. The molecule has 2 heterocycles. The number of nitrogens with one attached hydrogen (secondary N) is 2. The summed E-state index contributed by atoms with van der Waals surface area (Å²) in [4.78, 5) is 12.5. The average molecular weight is 368 g/mol. The Morgan fingerprint density at radius 2 is 2.00 bits per heavy atom. The Morgan fingerprint density at radius 3 is 2.70 bits per heavy atom. The number of nitrogen functional groups attached to an aromatic ring is 1. The summed E-state index contributed by atoms with van der Waals surface area (Å²) in [5.74, 6) is 1.48. The van der Waals surface area contributed by atoms with E-state index < -0.39 is 0 Å². The summed E-state index contributed by atoms with van der Waals surface area (Å²) in [6.07, 6.45) is 0.705. The van der Waals surface area contributed by atoms with E-state index in [4.69, 9.17) is 15.2 Å². The molecule has 142 valence electrons. The molecule has 2 aliphatic heterocycles. The van der Waals surface area contributed by atoms with Gasteiger partial charge in [-0.3, -0.25) is 5.01 Å². The van der Waals surface area contributed by atoms with Crippen molar-refractivity contribution < 1.29 is 14.3 Å². The van der Waals surface area contributed by atoms with Gasteiger partial charge in [-0.2, -0.15) is 0 Å². The third-order valence-corrected chi connectivity index (χ3v) is 5.23. The number of ether oxygens (including phenoxy) is 2. The van der Waals surface area contributed by atoms with E-state index in [9.17, 15) is 4.79 Å². The van der Waals surface area contributed by atoms with Crippen molar-refractivity contribution in [2.24, 2.45) is 0 Å². The molecule has 2 aliphatic rings. The maximum absolute atomic E-state index is 12.5. The van der Waals surface area contributed by atoms with Crippen molar-refractivity contribution in [1.29, 1.82) is 0 Å². The van der Waals surface area contributed by atoms with Gasteiger partial charge in [0.05, 0.1) is 12.1 Å². The van der Waals surface area contributed by atoms with Gasteiger partial charge >= 0.3 is 6.03 Å². The summed E-state index contributed by atoms with van der Waals surface area (Å²) in [5.41, 5.74) is 14.4. The molecule has 0 aliphatic carbocycles. The topological polar surface area (TPSA) is 88.9 Å². The predicted molar refractivity (Wildman–Crippen MR) is 103 cm³/mol. The monoisotopic (exact) mass is 368 g/mol. The van der Waals surface area contributed by atoms with Crippen molar-refractivity contribution >= 4 is 11.7 Å². The molecule has 0 aromatic heterocycles. The molecule has 0 spiro atoms. The number of amides is 2. The van der Waals surface area contributed by atoms with Gasteiger partial charge in [-0.25, -0.2) is 10.2 Å². The van der Waals surface area contributed by atoms with Crippen molar-refractivity contribution in [1.82, 2.24) is 15.8 Å². The molecule has 0 saturated carbocycles. The van der Waals surface area contributed by atoms with Crippen LogP contribution in [0.3, 0.4) is 0 Å². The molecule has 2 amide bonds. The minimum Gasteiger partial charge on any atom is -0.454 e. The molecule has 7 nitrogen and oxygen atoms in total. The maximum atomic E-state index is 12.5. The zero-order valence-corrected chi connectivity index (χ0v) is 15.7. The summed E-state index contributed by atoms with van der Waals surface area (Å²) in [6.45, 7) is 4.24. The third kappa shape index (κ3) is 3.04. The van der Waals surface area contributed by atoms with Gasteiger partial charge in [0.1, 0.15) is 0 Å². The van der Waals surface area contributed by atoms with E-state index in [-0.39, 0.29) is 24.9 Å². The fourth-order valence-electron chi connectivity index (χ4n) is 3.70. The van der Waals surface area contributed by atoms with Crippen LogP contribution in [-0.4, -0.2) is 30.9 Å². The lowest BCUT2D eigenvalue weighted by molar-refractivity contribution is 0.139. The van der Waals surface area contributed by atoms with Crippen LogP contribution in [0.4, 0.5) is 10.5 Å². The van der Waals surface area contributed by atoms with Crippen molar-refractivity contribution in [3.8, 4) is 11.5 Å². The van der Waals surface area contributed by atoms with Gasteiger partial charge in [-0.1, -0.05) is 12.1 Å². The van der Waals surface area contributed by atoms with Crippen LogP contribution < -0.4 is 25.9 Å². The Kier molecular flexibility index (Phi) is 4.31. The number of hydrazine groups is 1. The van der Waals surface area contributed by atoms with Gasteiger partial charge in [0.25, 0.3) is 0 Å². The lowest BCUT2D eigenvalue weighted by atomic mass is 9.91. The summed E-state index contributed by atoms with van der Waals surface area (Å²) in [7, 11) is 1.63. The van der Waals surface area contributed by atoms with Crippen LogP contribution in [0.5, 0.6) is 11.5 Å². The number of rotatable bonds is 1. The first kappa shape index (κ1) is 17.5. The number of hydrogen-bond acceptors (Lipinski definition) is 5. The molecule has 7 heteroatoms. The number of anilines is 1. The Morgan fingerprint density at radius 1 is 1.26 bits per heavy atom. The number of urea groups is 1. The highest BCUT2D eigenvalue weighted by atomic mass is 16.7. The number of benzene rings is 2. The third-order valence-electron chi connectivity index (χ3n) is 5.23. The molecule has 2 aromatic carbocycles. The molecule has 2 atom stereocenters. The van der Waals surface area contributed by atoms with Gasteiger partial charge in [-0.15, -0.1) is 0 Å². The molecule has 0 bridgehead atoms. The maximum Gasteiger partial charge on any atom is 0.331 e. The van der Waals surface area contributed by atoms with Crippen LogP contribution in [0.1, 0.15) is 35.2 Å².